The van der Waals surface area contributed by atoms with Gasteiger partial charge in [-0.15, -0.1) is 12.4 Å². The predicted molar refractivity (Wildman–Crippen MR) is 110 cm³/mol. The quantitative estimate of drug-likeness (QED) is 0.827. The van der Waals surface area contributed by atoms with Crippen LogP contribution < -0.4 is 11.1 Å². The molecule has 2 aliphatic heterocycles. The summed E-state index contributed by atoms with van der Waals surface area (Å²) in [5, 5.41) is 2.95. The second kappa shape index (κ2) is 9.95. The van der Waals surface area contributed by atoms with Gasteiger partial charge in [0, 0.05) is 31.9 Å². The van der Waals surface area contributed by atoms with Crippen LogP contribution in [0.3, 0.4) is 0 Å². The highest BCUT2D eigenvalue weighted by Crippen LogP contribution is 2.23. The van der Waals surface area contributed by atoms with Gasteiger partial charge in [-0.2, -0.15) is 0 Å². The molecule has 0 aliphatic carbocycles. The Hall–Kier alpha value is -1.79. The van der Waals surface area contributed by atoms with Crippen molar-refractivity contribution >= 4 is 30.0 Å². The van der Waals surface area contributed by atoms with Crippen molar-refractivity contribution in [3.8, 4) is 0 Å². The van der Waals surface area contributed by atoms with Gasteiger partial charge in [0.2, 0.25) is 5.91 Å². The molecule has 3 rings (SSSR count). The summed E-state index contributed by atoms with van der Waals surface area (Å²) < 4.78 is 0. The Labute approximate surface area is 167 Å². The molecule has 0 radical (unpaired) electrons. The molecule has 3 amide bonds. The Morgan fingerprint density at radius 2 is 1.89 bits per heavy atom. The monoisotopic (exact) mass is 394 g/mol. The fourth-order valence-electron chi connectivity index (χ4n) is 3.94. The zero-order valence-corrected chi connectivity index (χ0v) is 16.8. The standard InChI is InChI=1S/C20H30N4O2.ClH/c1-15-4-2-6-18(12-15)22-20(26)24-9-3-5-17(14-24)19(25)23-10-7-16(13-21)8-11-23;/h2,4,6,12,16-17H,3,5,7-11,13-14,21H2,1H3,(H,22,26);1H. The molecule has 150 valence electrons. The van der Waals surface area contributed by atoms with Gasteiger partial charge < -0.3 is 20.9 Å². The lowest BCUT2D eigenvalue weighted by Crippen LogP contribution is -2.49. The van der Waals surface area contributed by atoms with Gasteiger partial charge in [0.1, 0.15) is 0 Å². The number of aryl methyl sites for hydroxylation is 1. The van der Waals surface area contributed by atoms with Crippen LogP contribution in [0.5, 0.6) is 0 Å². The number of nitrogens with two attached hydrogens (primary N) is 1. The van der Waals surface area contributed by atoms with Crippen LogP contribution in [0.4, 0.5) is 10.5 Å². The van der Waals surface area contributed by atoms with Crippen molar-refractivity contribution < 1.29 is 9.59 Å². The Balaban J connectivity index is 0.00000261. The summed E-state index contributed by atoms with van der Waals surface area (Å²) in [4.78, 5) is 29.2. The zero-order valence-electron chi connectivity index (χ0n) is 16.0. The molecule has 3 N–H and O–H groups in total. The number of hydrogen-bond donors (Lipinski definition) is 2. The number of carbonyl (C=O) groups is 2. The van der Waals surface area contributed by atoms with E-state index < -0.39 is 0 Å². The number of halogens is 1. The van der Waals surface area contributed by atoms with E-state index in [1.807, 2.05) is 36.1 Å². The maximum Gasteiger partial charge on any atom is 0.321 e. The van der Waals surface area contributed by atoms with Crippen LogP contribution in [0, 0.1) is 18.8 Å². The molecule has 2 aliphatic rings. The number of carbonyl (C=O) groups excluding carboxylic acids is 2. The number of amides is 3. The molecule has 2 heterocycles. The van der Waals surface area contributed by atoms with Crippen molar-refractivity contribution in [3.05, 3.63) is 29.8 Å². The Morgan fingerprint density at radius 3 is 2.56 bits per heavy atom. The third-order valence-electron chi connectivity index (χ3n) is 5.59. The number of urea groups is 1. The first-order valence-electron chi connectivity index (χ1n) is 9.68. The van der Waals surface area contributed by atoms with E-state index in [-0.39, 0.29) is 30.3 Å². The normalized spacial score (nSPS) is 20.7. The molecule has 27 heavy (non-hydrogen) atoms. The highest BCUT2D eigenvalue weighted by Gasteiger charge is 2.32. The van der Waals surface area contributed by atoms with Gasteiger partial charge in [0.15, 0.2) is 0 Å². The topological polar surface area (TPSA) is 78.7 Å². The first kappa shape index (κ1) is 21.5. The first-order valence-corrected chi connectivity index (χ1v) is 9.68. The van der Waals surface area contributed by atoms with Crippen LogP contribution >= 0.6 is 12.4 Å². The van der Waals surface area contributed by atoms with Gasteiger partial charge >= 0.3 is 6.03 Å². The number of nitrogens with zero attached hydrogens (tertiary/aromatic N) is 2. The van der Waals surface area contributed by atoms with Gasteiger partial charge in [-0.05, 0) is 62.8 Å². The van der Waals surface area contributed by atoms with Gasteiger partial charge in [0.05, 0.1) is 5.92 Å². The van der Waals surface area contributed by atoms with E-state index in [2.05, 4.69) is 5.32 Å². The molecule has 7 heteroatoms. The summed E-state index contributed by atoms with van der Waals surface area (Å²) in [5.74, 6) is 0.664. The fraction of sp³-hybridized carbons (Fsp3) is 0.600. The Morgan fingerprint density at radius 1 is 1.15 bits per heavy atom. The maximum atomic E-state index is 12.9. The maximum absolute atomic E-state index is 12.9. The van der Waals surface area contributed by atoms with Gasteiger partial charge in [0.25, 0.3) is 0 Å². The fourth-order valence-corrected chi connectivity index (χ4v) is 3.94. The van der Waals surface area contributed by atoms with Crippen molar-refractivity contribution in [2.24, 2.45) is 17.6 Å². The lowest BCUT2D eigenvalue weighted by molar-refractivity contribution is -0.138. The Kier molecular flexibility index (Phi) is 7.92. The van der Waals surface area contributed by atoms with E-state index in [1.165, 1.54) is 0 Å². The lowest BCUT2D eigenvalue weighted by atomic mass is 9.93. The predicted octanol–water partition coefficient (Wildman–Crippen LogP) is 2.86. The molecule has 0 aromatic heterocycles. The number of likely N-dealkylation sites (tertiary alicyclic amines) is 2. The summed E-state index contributed by atoms with van der Waals surface area (Å²) in [6, 6.07) is 7.65. The molecule has 2 fully saturated rings. The van der Waals surface area contributed by atoms with Crippen molar-refractivity contribution in [2.45, 2.75) is 32.6 Å². The molecular weight excluding hydrogens is 364 g/mol. The number of nitrogens with one attached hydrogen (secondary N) is 1. The number of benzene rings is 1. The molecule has 1 aromatic rings. The van der Waals surface area contributed by atoms with Crippen LogP contribution in [0.25, 0.3) is 0 Å². The van der Waals surface area contributed by atoms with Crippen LogP contribution in [-0.4, -0.2) is 54.5 Å². The van der Waals surface area contributed by atoms with Crippen LogP contribution in [0.1, 0.15) is 31.2 Å². The summed E-state index contributed by atoms with van der Waals surface area (Å²) in [7, 11) is 0. The number of hydrogen-bond acceptors (Lipinski definition) is 3. The third kappa shape index (κ3) is 5.59. The molecule has 1 aromatic carbocycles. The van der Waals surface area contributed by atoms with E-state index in [1.54, 1.807) is 4.90 Å². The molecule has 6 nitrogen and oxygen atoms in total. The minimum atomic E-state index is -0.116. The van der Waals surface area contributed by atoms with E-state index >= 15 is 0 Å². The number of anilines is 1. The highest BCUT2D eigenvalue weighted by atomic mass is 35.5. The van der Waals surface area contributed by atoms with Crippen molar-refractivity contribution in [3.63, 3.8) is 0 Å². The molecule has 0 spiro atoms. The zero-order chi connectivity index (χ0) is 18.5. The molecule has 2 saturated heterocycles. The molecule has 1 unspecified atom stereocenters. The highest BCUT2D eigenvalue weighted by molar-refractivity contribution is 5.90. The minimum Gasteiger partial charge on any atom is -0.342 e. The number of rotatable bonds is 3. The van der Waals surface area contributed by atoms with Crippen molar-refractivity contribution in [2.75, 3.05) is 38.0 Å². The molecule has 1 atom stereocenters. The van der Waals surface area contributed by atoms with Crippen LogP contribution in [0.15, 0.2) is 24.3 Å². The number of piperidine rings is 2. The Bertz CT molecular complexity index is 647. The van der Waals surface area contributed by atoms with Crippen molar-refractivity contribution in [1.82, 2.24) is 9.80 Å². The summed E-state index contributed by atoms with van der Waals surface area (Å²) in [5.41, 5.74) is 7.64. The van der Waals surface area contributed by atoms with E-state index in [0.717, 1.165) is 50.0 Å². The average molecular weight is 395 g/mol. The largest absolute Gasteiger partial charge is 0.342 e. The van der Waals surface area contributed by atoms with Gasteiger partial charge in [-0.25, -0.2) is 4.79 Å². The summed E-state index contributed by atoms with van der Waals surface area (Å²) in [6.45, 7) is 5.51. The summed E-state index contributed by atoms with van der Waals surface area (Å²) >= 11 is 0. The second-order valence-electron chi connectivity index (χ2n) is 7.59. The van der Waals surface area contributed by atoms with Crippen LogP contribution in [0.2, 0.25) is 0 Å². The van der Waals surface area contributed by atoms with E-state index in [4.69, 9.17) is 5.73 Å². The smallest absolute Gasteiger partial charge is 0.321 e. The average Bonchev–Trinajstić information content (AvgIpc) is 2.67. The summed E-state index contributed by atoms with van der Waals surface area (Å²) in [6.07, 6.45) is 3.72. The van der Waals surface area contributed by atoms with Crippen molar-refractivity contribution in [1.29, 1.82) is 0 Å². The molecule has 0 saturated carbocycles. The molecule has 0 bridgehead atoms. The lowest BCUT2D eigenvalue weighted by Gasteiger charge is -2.37. The molecular formula is C20H31ClN4O2. The van der Waals surface area contributed by atoms with Gasteiger partial charge in [-0.1, -0.05) is 12.1 Å². The second-order valence-corrected chi connectivity index (χ2v) is 7.59. The van der Waals surface area contributed by atoms with E-state index in [9.17, 15) is 9.59 Å². The van der Waals surface area contributed by atoms with Crippen LogP contribution in [-0.2, 0) is 4.79 Å². The SMILES string of the molecule is Cc1cccc(NC(=O)N2CCCC(C(=O)N3CCC(CN)CC3)C2)c1.Cl. The third-order valence-corrected chi connectivity index (χ3v) is 5.59. The first-order chi connectivity index (χ1) is 12.6. The minimum absolute atomic E-state index is 0. The van der Waals surface area contributed by atoms with E-state index in [0.29, 0.717) is 25.6 Å². The van der Waals surface area contributed by atoms with Gasteiger partial charge in [-0.3, -0.25) is 4.79 Å².